The lowest BCUT2D eigenvalue weighted by atomic mass is 10.5. The molecule has 0 aliphatic rings. The molecule has 2 heterocycles. The Morgan fingerprint density at radius 1 is 1.50 bits per heavy atom. The molecule has 0 radical (unpaired) electrons. The van der Waals surface area contributed by atoms with E-state index in [1.54, 1.807) is 19.2 Å². The molecule has 0 saturated carbocycles. The van der Waals surface area contributed by atoms with Crippen molar-refractivity contribution >= 4 is 23.4 Å². The molecule has 0 aromatic carbocycles. The Kier molecular flexibility index (Phi) is 3.46. The third-order valence-electron chi connectivity index (χ3n) is 1.90. The summed E-state index contributed by atoms with van der Waals surface area (Å²) in [5.41, 5.74) is 0. The number of aromatic nitrogens is 3. The number of rotatable bonds is 3. The smallest absolute Gasteiger partial charge is 0.239 e. The quantitative estimate of drug-likeness (QED) is 0.788. The number of nitrogens with zero attached hydrogens (tertiary/aromatic N) is 3. The molecule has 6 heteroatoms. The van der Waals surface area contributed by atoms with E-state index in [0.717, 1.165) is 5.03 Å². The van der Waals surface area contributed by atoms with E-state index in [0.29, 0.717) is 16.7 Å². The van der Waals surface area contributed by atoms with Crippen molar-refractivity contribution in [2.24, 2.45) is 0 Å². The Morgan fingerprint density at radius 2 is 2.31 bits per heavy atom. The lowest BCUT2D eigenvalue weighted by molar-refractivity contribution is 0.376. The van der Waals surface area contributed by atoms with E-state index in [9.17, 15) is 0 Å². The predicted octanol–water partition coefficient (Wildman–Crippen LogP) is 3.28. The van der Waals surface area contributed by atoms with E-state index in [1.165, 1.54) is 11.8 Å². The number of aryl methyl sites for hydroxylation is 1. The number of pyridine rings is 1. The molecule has 2 aromatic heterocycles. The lowest BCUT2D eigenvalue weighted by Gasteiger charge is -2.06. The molecule has 2 aromatic rings. The Bertz CT molecular complexity index is 488. The minimum Gasteiger partial charge on any atom is -0.338 e. The van der Waals surface area contributed by atoms with Gasteiger partial charge in [-0.2, -0.15) is 4.98 Å². The largest absolute Gasteiger partial charge is 0.338 e. The highest BCUT2D eigenvalue weighted by Gasteiger charge is 2.16. The van der Waals surface area contributed by atoms with E-state index >= 15 is 0 Å². The summed E-state index contributed by atoms with van der Waals surface area (Å²) in [7, 11) is 0. The van der Waals surface area contributed by atoms with Crippen LogP contribution in [0, 0.1) is 6.92 Å². The second-order valence-corrected chi connectivity index (χ2v) is 4.97. The van der Waals surface area contributed by atoms with Gasteiger partial charge in [0.2, 0.25) is 5.89 Å². The monoisotopic (exact) mass is 255 g/mol. The van der Waals surface area contributed by atoms with Gasteiger partial charge in [-0.25, -0.2) is 4.98 Å². The van der Waals surface area contributed by atoms with Crippen molar-refractivity contribution in [2.75, 3.05) is 0 Å². The maximum atomic E-state index is 6.01. The highest BCUT2D eigenvalue weighted by atomic mass is 35.5. The first-order valence-corrected chi connectivity index (χ1v) is 6.00. The van der Waals surface area contributed by atoms with Crippen LogP contribution in [0.1, 0.15) is 23.9 Å². The summed E-state index contributed by atoms with van der Waals surface area (Å²) in [5, 5.41) is 5.19. The topological polar surface area (TPSA) is 51.8 Å². The van der Waals surface area contributed by atoms with Crippen LogP contribution >= 0.6 is 23.4 Å². The zero-order valence-electron chi connectivity index (χ0n) is 8.85. The van der Waals surface area contributed by atoms with Gasteiger partial charge in [-0.3, -0.25) is 0 Å². The molecular weight excluding hydrogens is 246 g/mol. The number of hydrogen-bond acceptors (Lipinski definition) is 5. The van der Waals surface area contributed by atoms with Gasteiger partial charge < -0.3 is 4.52 Å². The molecule has 0 saturated heterocycles. The molecule has 0 aliphatic heterocycles. The highest BCUT2D eigenvalue weighted by Crippen LogP contribution is 2.35. The lowest BCUT2D eigenvalue weighted by Crippen LogP contribution is -1.90. The molecule has 0 amide bonds. The Balaban J connectivity index is 2.13. The molecule has 16 heavy (non-hydrogen) atoms. The van der Waals surface area contributed by atoms with Crippen molar-refractivity contribution in [2.45, 2.75) is 24.1 Å². The van der Waals surface area contributed by atoms with Gasteiger partial charge in [0.25, 0.3) is 0 Å². The minimum atomic E-state index is 0.0357. The summed E-state index contributed by atoms with van der Waals surface area (Å²) in [5.74, 6) is 1.22. The van der Waals surface area contributed by atoms with Gasteiger partial charge in [-0.15, -0.1) is 0 Å². The predicted molar refractivity (Wildman–Crippen MR) is 62.6 cm³/mol. The molecule has 4 nitrogen and oxygen atoms in total. The zero-order valence-corrected chi connectivity index (χ0v) is 10.4. The Morgan fingerprint density at radius 3 is 2.94 bits per heavy atom. The number of halogens is 1. The first-order valence-electron chi connectivity index (χ1n) is 4.74. The van der Waals surface area contributed by atoms with Crippen molar-refractivity contribution in [1.82, 2.24) is 15.1 Å². The second kappa shape index (κ2) is 4.84. The van der Waals surface area contributed by atoms with Crippen molar-refractivity contribution in [3.05, 3.63) is 35.1 Å². The molecule has 0 unspecified atom stereocenters. The zero-order chi connectivity index (χ0) is 11.5. The molecule has 0 fully saturated rings. The molecule has 2 rings (SSSR count). The summed E-state index contributed by atoms with van der Waals surface area (Å²) in [6.45, 7) is 3.76. The van der Waals surface area contributed by atoms with Crippen LogP contribution in [0.15, 0.2) is 27.9 Å². The van der Waals surface area contributed by atoms with Gasteiger partial charge in [0.05, 0.1) is 10.3 Å². The number of thioether (sulfide) groups is 1. The maximum absolute atomic E-state index is 6.01. The van der Waals surface area contributed by atoms with Crippen LogP contribution in [-0.4, -0.2) is 15.1 Å². The van der Waals surface area contributed by atoms with E-state index in [1.807, 2.05) is 13.0 Å². The number of hydrogen-bond donors (Lipinski definition) is 0. The summed E-state index contributed by atoms with van der Waals surface area (Å²) >= 11 is 7.51. The summed E-state index contributed by atoms with van der Waals surface area (Å²) < 4.78 is 5.09. The van der Waals surface area contributed by atoms with Crippen LogP contribution in [0.3, 0.4) is 0 Å². The first kappa shape index (κ1) is 11.4. The van der Waals surface area contributed by atoms with Crippen LogP contribution in [0.2, 0.25) is 5.02 Å². The fraction of sp³-hybridized carbons (Fsp3) is 0.300. The van der Waals surface area contributed by atoms with E-state index in [4.69, 9.17) is 16.1 Å². The summed E-state index contributed by atoms with van der Waals surface area (Å²) in [6, 6.07) is 3.61. The van der Waals surface area contributed by atoms with Crippen molar-refractivity contribution in [1.29, 1.82) is 0 Å². The maximum Gasteiger partial charge on any atom is 0.239 e. The standard InChI is InChI=1S/C10H10ClN3OS/c1-6(9-13-7(2)14-15-9)16-10-8(11)4-3-5-12-10/h3-6H,1-2H3/t6-/m0/s1. The molecular formula is C10H10ClN3OS. The average molecular weight is 256 g/mol. The Labute approximate surface area is 102 Å². The fourth-order valence-electron chi connectivity index (χ4n) is 1.15. The second-order valence-electron chi connectivity index (χ2n) is 3.23. The third-order valence-corrected chi connectivity index (χ3v) is 3.42. The van der Waals surface area contributed by atoms with Crippen LogP contribution < -0.4 is 0 Å². The SMILES string of the molecule is Cc1noc([C@H](C)Sc2ncccc2Cl)n1. The van der Waals surface area contributed by atoms with Gasteiger partial charge in [0, 0.05) is 6.20 Å². The summed E-state index contributed by atoms with van der Waals surface area (Å²) in [4.78, 5) is 8.36. The molecule has 1 atom stereocenters. The first-order chi connectivity index (χ1) is 7.66. The van der Waals surface area contributed by atoms with Crippen LogP contribution in [0.5, 0.6) is 0 Å². The van der Waals surface area contributed by atoms with E-state index in [-0.39, 0.29) is 5.25 Å². The average Bonchev–Trinajstić information content (AvgIpc) is 2.68. The Hall–Kier alpha value is -1.07. The van der Waals surface area contributed by atoms with Crippen LogP contribution in [-0.2, 0) is 0 Å². The van der Waals surface area contributed by atoms with Gasteiger partial charge >= 0.3 is 0 Å². The molecule has 0 N–H and O–H groups in total. The van der Waals surface area contributed by atoms with E-state index in [2.05, 4.69) is 15.1 Å². The van der Waals surface area contributed by atoms with Crippen LogP contribution in [0.25, 0.3) is 0 Å². The van der Waals surface area contributed by atoms with Crippen LogP contribution in [0.4, 0.5) is 0 Å². The highest BCUT2D eigenvalue weighted by molar-refractivity contribution is 7.99. The van der Waals surface area contributed by atoms with Crippen molar-refractivity contribution in [3.8, 4) is 0 Å². The van der Waals surface area contributed by atoms with Gasteiger partial charge in [-0.05, 0) is 26.0 Å². The fourth-order valence-corrected chi connectivity index (χ4v) is 2.24. The molecule has 0 aliphatic carbocycles. The normalized spacial score (nSPS) is 12.7. The third kappa shape index (κ3) is 2.54. The summed E-state index contributed by atoms with van der Waals surface area (Å²) in [6.07, 6.45) is 1.71. The van der Waals surface area contributed by atoms with E-state index < -0.39 is 0 Å². The molecule has 0 spiro atoms. The van der Waals surface area contributed by atoms with Gasteiger partial charge in [0.15, 0.2) is 5.82 Å². The van der Waals surface area contributed by atoms with Crippen molar-refractivity contribution < 1.29 is 4.52 Å². The molecule has 84 valence electrons. The van der Waals surface area contributed by atoms with Gasteiger partial charge in [0.1, 0.15) is 5.03 Å². The minimum absolute atomic E-state index is 0.0357. The molecule has 0 bridgehead atoms. The van der Waals surface area contributed by atoms with Gasteiger partial charge in [-0.1, -0.05) is 28.5 Å². The van der Waals surface area contributed by atoms with Crippen molar-refractivity contribution in [3.63, 3.8) is 0 Å².